The molecule has 0 spiro atoms. The molecule has 1 nitrogen and oxygen atoms in total. The van der Waals surface area contributed by atoms with Gasteiger partial charge in [0.25, 0.3) is 0 Å². The minimum atomic E-state index is -4.25. The summed E-state index contributed by atoms with van der Waals surface area (Å²) < 4.78 is 37.3. The summed E-state index contributed by atoms with van der Waals surface area (Å²) in [5, 5.41) is 3.17. The first-order valence-corrected chi connectivity index (χ1v) is 6.33. The van der Waals surface area contributed by atoms with Crippen molar-refractivity contribution in [1.82, 2.24) is 5.32 Å². The van der Waals surface area contributed by atoms with Gasteiger partial charge in [-0.15, -0.1) is 12.4 Å². The minimum Gasteiger partial charge on any atom is -0.314 e. The molecule has 112 valence electrons. The molecule has 5 heteroatoms. The van der Waals surface area contributed by atoms with Gasteiger partial charge in [0.2, 0.25) is 0 Å². The van der Waals surface area contributed by atoms with E-state index in [2.05, 4.69) is 5.32 Å². The van der Waals surface area contributed by atoms with Crippen molar-refractivity contribution in [2.75, 3.05) is 6.54 Å². The Morgan fingerprint density at radius 2 is 1.79 bits per heavy atom. The van der Waals surface area contributed by atoms with Crippen molar-refractivity contribution in [3.05, 3.63) is 35.4 Å². The summed E-state index contributed by atoms with van der Waals surface area (Å²) in [7, 11) is 0. The van der Waals surface area contributed by atoms with E-state index < -0.39 is 11.7 Å². The first-order chi connectivity index (χ1) is 8.43. The molecule has 0 saturated heterocycles. The topological polar surface area (TPSA) is 12.0 Å². The van der Waals surface area contributed by atoms with Gasteiger partial charge < -0.3 is 5.32 Å². The second kappa shape index (κ2) is 10.1. The number of rotatable bonds is 4. The third kappa shape index (κ3) is 8.11. The van der Waals surface area contributed by atoms with Gasteiger partial charge in [0.1, 0.15) is 0 Å². The van der Waals surface area contributed by atoms with Crippen molar-refractivity contribution < 1.29 is 13.2 Å². The van der Waals surface area contributed by atoms with E-state index in [1.54, 1.807) is 6.07 Å². The van der Waals surface area contributed by atoms with Crippen molar-refractivity contribution >= 4 is 12.4 Å². The Balaban J connectivity index is 0. The van der Waals surface area contributed by atoms with Gasteiger partial charge in [-0.25, -0.2) is 0 Å². The molecule has 0 heterocycles. The first-order valence-electron chi connectivity index (χ1n) is 6.33. The molecule has 0 bridgehead atoms. The Labute approximate surface area is 120 Å². The van der Waals surface area contributed by atoms with Crippen LogP contribution in [-0.4, -0.2) is 12.6 Å². The van der Waals surface area contributed by atoms with Crippen LogP contribution in [0.2, 0.25) is 0 Å². The highest BCUT2D eigenvalue weighted by molar-refractivity contribution is 5.85. The SMILES string of the molecule is CC.CCNC(C)Cc1cccc(C(F)(F)F)c1.Cl. The molecule has 0 radical (unpaired) electrons. The average Bonchev–Trinajstić information content (AvgIpc) is 2.31. The van der Waals surface area contributed by atoms with E-state index in [9.17, 15) is 13.2 Å². The van der Waals surface area contributed by atoms with Gasteiger partial charge in [-0.2, -0.15) is 13.2 Å². The molecule has 0 amide bonds. The van der Waals surface area contributed by atoms with Crippen LogP contribution in [0, 0.1) is 0 Å². The van der Waals surface area contributed by atoms with Crippen molar-refractivity contribution in [3.8, 4) is 0 Å². The highest BCUT2D eigenvalue weighted by atomic mass is 35.5. The van der Waals surface area contributed by atoms with Crippen molar-refractivity contribution in [2.45, 2.75) is 46.3 Å². The van der Waals surface area contributed by atoms with Gasteiger partial charge >= 0.3 is 6.18 Å². The lowest BCUT2D eigenvalue weighted by Gasteiger charge is -2.13. The summed E-state index contributed by atoms with van der Waals surface area (Å²) in [5.41, 5.74) is 0.136. The molecule has 1 atom stereocenters. The molecular formula is C14H23ClF3N. The molecule has 0 aliphatic carbocycles. The third-order valence-corrected chi connectivity index (χ3v) is 2.35. The van der Waals surface area contributed by atoms with Crippen molar-refractivity contribution in [3.63, 3.8) is 0 Å². The summed E-state index contributed by atoms with van der Waals surface area (Å²) in [6, 6.07) is 5.68. The zero-order valence-corrected chi connectivity index (χ0v) is 12.7. The fourth-order valence-electron chi connectivity index (χ4n) is 1.65. The van der Waals surface area contributed by atoms with E-state index in [1.165, 1.54) is 12.1 Å². The average molecular weight is 298 g/mol. The number of alkyl halides is 3. The predicted octanol–water partition coefficient (Wildman–Crippen LogP) is 4.69. The highest BCUT2D eigenvalue weighted by Crippen LogP contribution is 2.29. The third-order valence-electron chi connectivity index (χ3n) is 2.35. The molecule has 19 heavy (non-hydrogen) atoms. The monoisotopic (exact) mass is 297 g/mol. The Kier molecular flexibility index (Phi) is 10.9. The number of hydrogen-bond acceptors (Lipinski definition) is 1. The van der Waals surface area contributed by atoms with E-state index >= 15 is 0 Å². The number of hydrogen-bond donors (Lipinski definition) is 1. The van der Waals surface area contributed by atoms with Gasteiger partial charge in [-0.3, -0.25) is 0 Å². The predicted molar refractivity (Wildman–Crippen MR) is 76.9 cm³/mol. The lowest BCUT2D eigenvalue weighted by molar-refractivity contribution is -0.137. The van der Waals surface area contributed by atoms with Crippen LogP contribution in [-0.2, 0) is 12.6 Å². The molecule has 1 rings (SSSR count). The Morgan fingerprint density at radius 1 is 1.21 bits per heavy atom. The maximum Gasteiger partial charge on any atom is 0.416 e. The quantitative estimate of drug-likeness (QED) is 0.850. The Morgan fingerprint density at radius 3 is 2.26 bits per heavy atom. The second-order valence-corrected chi connectivity index (χ2v) is 3.86. The summed E-state index contributed by atoms with van der Waals surface area (Å²) in [6.07, 6.45) is -3.64. The van der Waals surface area contributed by atoms with Gasteiger partial charge in [0.05, 0.1) is 5.56 Å². The van der Waals surface area contributed by atoms with Crippen LogP contribution in [0.1, 0.15) is 38.8 Å². The zero-order valence-electron chi connectivity index (χ0n) is 11.8. The fourth-order valence-corrected chi connectivity index (χ4v) is 1.65. The van der Waals surface area contributed by atoms with Gasteiger partial charge in [-0.1, -0.05) is 39.0 Å². The highest BCUT2D eigenvalue weighted by Gasteiger charge is 2.30. The summed E-state index contributed by atoms with van der Waals surface area (Å²) >= 11 is 0. The maximum absolute atomic E-state index is 12.4. The fraction of sp³-hybridized carbons (Fsp3) is 0.571. The maximum atomic E-state index is 12.4. The number of halogens is 4. The summed E-state index contributed by atoms with van der Waals surface area (Å²) in [4.78, 5) is 0. The van der Waals surface area contributed by atoms with Crippen LogP contribution in [0.15, 0.2) is 24.3 Å². The standard InChI is InChI=1S/C12H16F3N.C2H6.ClH/c1-3-16-9(2)7-10-5-4-6-11(8-10)12(13,14)15;1-2;/h4-6,8-9,16H,3,7H2,1-2H3;1-2H3;1H. The van der Waals surface area contributed by atoms with E-state index in [0.717, 1.165) is 12.6 Å². The number of benzene rings is 1. The lowest BCUT2D eigenvalue weighted by Crippen LogP contribution is -2.27. The minimum absolute atomic E-state index is 0. The smallest absolute Gasteiger partial charge is 0.314 e. The molecule has 1 aromatic rings. The molecule has 0 fully saturated rings. The Hall–Kier alpha value is -0.740. The largest absolute Gasteiger partial charge is 0.416 e. The van der Waals surface area contributed by atoms with Gasteiger partial charge in [0.15, 0.2) is 0 Å². The van der Waals surface area contributed by atoms with Gasteiger partial charge in [0, 0.05) is 6.04 Å². The van der Waals surface area contributed by atoms with E-state index in [-0.39, 0.29) is 18.4 Å². The molecule has 1 aromatic carbocycles. The molecular weight excluding hydrogens is 275 g/mol. The van der Waals surface area contributed by atoms with E-state index in [4.69, 9.17) is 0 Å². The van der Waals surface area contributed by atoms with Crippen LogP contribution in [0.4, 0.5) is 13.2 Å². The molecule has 0 aromatic heterocycles. The molecule has 1 N–H and O–H groups in total. The van der Waals surface area contributed by atoms with E-state index in [1.807, 2.05) is 27.7 Å². The number of likely N-dealkylation sites (N-methyl/N-ethyl adjacent to an activating group) is 1. The lowest BCUT2D eigenvalue weighted by atomic mass is 10.0. The van der Waals surface area contributed by atoms with Crippen LogP contribution in [0.5, 0.6) is 0 Å². The molecule has 0 saturated carbocycles. The van der Waals surface area contributed by atoms with Gasteiger partial charge in [-0.05, 0) is 31.5 Å². The molecule has 0 aliphatic rings. The van der Waals surface area contributed by atoms with Crippen LogP contribution in [0.25, 0.3) is 0 Å². The Bertz CT molecular complexity index is 340. The molecule has 0 aliphatic heterocycles. The first kappa shape index (κ1) is 20.6. The zero-order chi connectivity index (χ0) is 14.2. The summed E-state index contributed by atoms with van der Waals surface area (Å²) in [6.45, 7) is 8.76. The van der Waals surface area contributed by atoms with Crippen LogP contribution in [0.3, 0.4) is 0 Å². The number of nitrogens with one attached hydrogen (secondary N) is 1. The van der Waals surface area contributed by atoms with Crippen LogP contribution >= 0.6 is 12.4 Å². The van der Waals surface area contributed by atoms with E-state index in [0.29, 0.717) is 12.0 Å². The summed E-state index contributed by atoms with van der Waals surface area (Å²) in [5.74, 6) is 0. The second-order valence-electron chi connectivity index (χ2n) is 3.86. The van der Waals surface area contributed by atoms with Crippen molar-refractivity contribution in [2.24, 2.45) is 0 Å². The van der Waals surface area contributed by atoms with Crippen molar-refractivity contribution in [1.29, 1.82) is 0 Å². The van der Waals surface area contributed by atoms with Crippen LogP contribution < -0.4 is 5.32 Å². The normalized spacial score (nSPS) is 11.9. The molecule has 1 unspecified atom stereocenters.